The van der Waals surface area contributed by atoms with Crippen LogP contribution < -0.4 is 10.1 Å². The van der Waals surface area contributed by atoms with Gasteiger partial charge in [0.05, 0.1) is 6.04 Å². The van der Waals surface area contributed by atoms with Crippen LogP contribution in [0.3, 0.4) is 0 Å². The fourth-order valence-electron chi connectivity index (χ4n) is 3.95. The van der Waals surface area contributed by atoms with E-state index in [4.69, 9.17) is 4.74 Å². The van der Waals surface area contributed by atoms with Crippen molar-refractivity contribution in [1.29, 1.82) is 0 Å². The average molecular weight is 373 g/mol. The number of rotatable bonds is 5. The normalized spacial score (nSPS) is 16.3. The lowest BCUT2D eigenvalue weighted by Crippen LogP contribution is -2.33. The SMILES string of the molecule is Cc1cccc(C(c2cccc(Oc3ccccc3)c2)N2CCCNCC2)c1. The van der Waals surface area contributed by atoms with Crippen LogP contribution in [0.4, 0.5) is 0 Å². The van der Waals surface area contributed by atoms with E-state index in [0.29, 0.717) is 0 Å². The van der Waals surface area contributed by atoms with E-state index in [1.54, 1.807) is 0 Å². The van der Waals surface area contributed by atoms with E-state index in [-0.39, 0.29) is 6.04 Å². The molecule has 1 fully saturated rings. The third-order valence-corrected chi connectivity index (χ3v) is 5.25. The summed E-state index contributed by atoms with van der Waals surface area (Å²) in [5.41, 5.74) is 3.92. The van der Waals surface area contributed by atoms with Crippen LogP contribution in [0.1, 0.15) is 29.2 Å². The molecule has 0 saturated carbocycles. The van der Waals surface area contributed by atoms with Gasteiger partial charge in [0.1, 0.15) is 11.5 Å². The summed E-state index contributed by atoms with van der Waals surface area (Å²) in [6.07, 6.45) is 1.17. The molecule has 0 amide bonds. The van der Waals surface area contributed by atoms with Gasteiger partial charge in [-0.15, -0.1) is 0 Å². The second-order valence-electron chi connectivity index (χ2n) is 7.44. The highest BCUT2D eigenvalue weighted by atomic mass is 16.5. The van der Waals surface area contributed by atoms with Crippen molar-refractivity contribution >= 4 is 0 Å². The van der Waals surface area contributed by atoms with Gasteiger partial charge < -0.3 is 10.1 Å². The Morgan fingerprint density at radius 1 is 0.786 bits per heavy atom. The molecule has 0 bridgehead atoms. The molecule has 1 aliphatic rings. The molecule has 0 spiro atoms. The maximum Gasteiger partial charge on any atom is 0.127 e. The van der Waals surface area contributed by atoms with Gasteiger partial charge in [-0.2, -0.15) is 0 Å². The van der Waals surface area contributed by atoms with Crippen molar-refractivity contribution in [1.82, 2.24) is 10.2 Å². The number of ether oxygens (including phenoxy) is 1. The molecule has 144 valence electrons. The van der Waals surface area contributed by atoms with Crippen molar-refractivity contribution < 1.29 is 4.74 Å². The molecular weight excluding hydrogens is 344 g/mol. The third-order valence-electron chi connectivity index (χ3n) is 5.25. The van der Waals surface area contributed by atoms with E-state index < -0.39 is 0 Å². The predicted molar refractivity (Wildman–Crippen MR) is 115 cm³/mol. The average Bonchev–Trinajstić information content (AvgIpc) is 2.99. The molecule has 0 aromatic heterocycles. The zero-order chi connectivity index (χ0) is 19.2. The van der Waals surface area contributed by atoms with Crippen LogP contribution in [0, 0.1) is 6.92 Å². The Kier molecular flexibility index (Phi) is 6.05. The van der Waals surface area contributed by atoms with E-state index in [9.17, 15) is 0 Å². The molecule has 1 unspecified atom stereocenters. The first-order valence-electron chi connectivity index (χ1n) is 10.1. The van der Waals surface area contributed by atoms with Crippen LogP contribution in [0.25, 0.3) is 0 Å². The molecule has 3 heteroatoms. The van der Waals surface area contributed by atoms with Gasteiger partial charge in [0.2, 0.25) is 0 Å². The molecule has 3 aromatic carbocycles. The fraction of sp³-hybridized carbons (Fsp3) is 0.280. The highest BCUT2D eigenvalue weighted by molar-refractivity contribution is 5.40. The van der Waals surface area contributed by atoms with E-state index in [1.165, 1.54) is 23.1 Å². The lowest BCUT2D eigenvalue weighted by atomic mass is 9.95. The standard InChI is InChI=1S/C25H28N2O/c1-20-8-5-9-21(18-20)25(27-16-7-14-26-15-17-27)22-10-6-13-24(19-22)28-23-11-3-2-4-12-23/h2-6,8-13,18-19,25-26H,7,14-17H2,1H3. The number of nitrogens with one attached hydrogen (secondary N) is 1. The summed E-state index contributed by atoms with van der Waals surface area (Å²) in [7, 11) is 0. The zero-order valence-electron chi connectivity index (χ0n) is 16.5. The van der Waals surface area contributed by atoms with Crippen molar-refractivity contribution in [2.45, 2.75) is 19.4 Å². The lowest BCUT2D eigenvalue weighted by molar-refractivity contribution is 0.240. The summed E-state index contributed by atoms with van der Waals surface area (Å²) in [4.78, 5) is 2.59. The lowest BCUT2D eigenvalue weighted by Gasteiger charge is -2.31. The van der Waals surface area contributed by atoms with Crippen molar-refractivity contribution in [3.63, 3.8) is 0 Å². The quantitative estimate of drug-likeness (QED) is 0.668. The van der Waals surface area contributed by atoms with Crippen molar-refractivity contribution in [2.75, 3.05) is 26.2 Å². The molecule has 1 aliphatic heterocycles. The first kappa shape index (κ1) is 18.7. The minimum atomic E-state index is 0.235. The van der Waals surface area contributed by atoms with Crippen molar-refractivity contribution in [2.24, 2.45) is 0 Å². The maximum atomic E-state index is 6.11. The highest BCUT2D eigenvalue weighted by Crippen LogP contribution is 2.32. The molecule has 3 aromatic rings. The van der Waals surface area contributed by atoms with Crippen LogP contribution in [-0.2, 0) is 0 Å². The van der Waals surface area contributed by atoms with Gasteiger partial charge in [0.15, 0.2) is 0 Å². The number of hydrogen-bond donors (Lipinski definition) is 1. The Bertz CT molecular complexity index is 886. The summed E-state index contributed by atoms with van der Waals surface area (Å²) in [6, 6.07) is 27.7. The van der Waals surface area contributed by atoms with Crippen LogP contribution in [0.5, 0.6) is 11.5 Å². The Morgan fingerprint density at radius 3 is 2.36 bits per heavy atom. The largest absolute Gasteiger partial charge is 0.457 e. The minimum absolute atomic E-state index is 0.235. The zero-order valence-corrected chi connectivity index (χ0v) is 16.5. The van der Waals surface area contributed by atoms with E-state index in [0.717, 1.165) is 37.7 Å². The molecule has 0 radical (unpaired) electrons. The molecular formula is C25H28N2O. The summed E-state index contributed by atoms with van der Waals surface area (Å²) >= 11 is 0. The van der Waals surface area contributed by atoms with Crippen molar-refractivity contribution in [3.8, 4) is 11.5 Å². The first-order chi connectivity index (χ1) is 13.8. The molecule has 28 heavy (non-hydrogen) atoms. The van der Waals surface area contributed by atoms with Gasteiger partial charge in [-0.1, -0.05) is 60.2 Å². The Hall–Kier alpha value is -2.62. The molecule has 1 saturated heterocycles. The molecule has 1 atom stereocenters. The second-order valence-corrected chi connectivity index (χ2v) is 7.44. The van der Waals surface area contributed by atoms with E-state index in [1.807, 2.05) is 36.4 Å². The summed E-state index contributed by atoms with van der Waals surface area (Å²) in [6.45, 7) is 6.42. The van der Waals surface area contributed by atoms with Gasteiger partial charge in [0, 0.05) is 19.6 Å². The topological polar surface area (TPSA) is 24.5 Å². The fourth-order valence-corrected chi connectivity index (χ4v) is 3.95. The van der Waals surface area contributed by atoms with Gasteiger partial charge in [-0.05, 0) is 55.3 Å². The summed E-state index contributed by atoms with van der Waals surface area (Å²) in [5.74, 6) is 1.75. The number of aryl methyl sites for hydroxylation is 1. The number of hydrogen-bond acceptors (Lipinski definition) is 3. The number of nitrogens with zero attached hydrogens (tertiary/aromatic N) is 1. The van der Waals surface area contributed by atoms with Crippen LogP contribution in [0.2, 0.25) is 0 Å². The van der Waals surface area contributed by atoms with Crippen LogP contribution >= 0.6 is 0 Å². The predicted octanol–water partition coefficient (Wildman–Crippen LogP) is 5.17. The Balaban J connectivity index is 1.68. The molecule has 1 N–H and O–H groups in total. The highest BCUT2D eigenvalue weighted by Gasteiger charge is 2.23. The van der Waals surface area contributed by atoms with Crippen LogP contribution in [0.15, 0.2) is 78.9 Å². The maximum absolute atomic E-state index is 6.11. The summed E-state index contributed by atoms with van der Waals surface area (Å²) < 4.78 is 6.11. The first-order valence-corrected chi connectivity index (χ1v) is 10.1. The van der Waals surface area contributed by atoms with Gasteiger partial charge >= 0.3 is 0 Å². The number of benzene rings is 3. The molecule has 4 rings (SSSR count). The smallest absolute Gasteiger partial charge is 0.127 e. The van der Waals surface area contributed by atoms with Gasteiger partial charge in [0.25, 0.3) is 0 Å². The molecule has 3 nitrogen and oxygen atoms in total. The Morgan fingerprint density at radius 2 is 1.54 bits per heavy atom. The molecule has 1 heterocycles. The van der Waals surface area contributed by atoms with Gasteiger partial charge in [-0.3, -0.25) is 4.90 Å². The van der Waals surface area contributed by atoms with E-state index in [2.05, 4.69) is 59.6 Å². The number of para-hydroxylation sites is 1. The third kappa shape index (κ3) is 4.61. The van der Waals surface area contributed by atoms with E-state index >= 15 is 0 Å². The monoisotopic (exact) mass is 372 g/mol. The van der Waals surface area contributed by atoms with Gasteiger partial charge in [-0.25, -0.2) is 0 Å². The summed E-state index contributed by atoms with van der Waals surface area (Å²) in [5, 5.41) is 3.52. The Labute approximate surface area is 168 Å². The van der Waals surface area contributed by atoms with Crippen LogP contribution in [-0.4, -0.2) is 31.1 Å². The minimum Gasteiger partial charge on any atom is -0.457 e. The molecule has 0 aliphatic carbocycles. The second kappa shape index (κ2) is 9.05. The van der Waals surface area contributed by atoms with Crippen molar-refractivity contribution in [3.05, 3.63) is 95.6 Å².